The van der Waals surface area contributed by atoms with Gasteiger partial charge >= 0.3 is 0 Å². The van der Waals surface area contributed by atoms with Gasteiger partial charge in [-0.15, -0.1) is 0 Å². The molecule has 1 atom stereocenters. The third-order valence-electron chi connectivity index (χ3n) is 4.76. The van der Waals surface area contributed by atoms with E-state index in [4.69, 9.17) is 0 Å². The van der Waals surface area contributed by atoms with Gasteiger partial charge in [0.2, 0.25) is 5.91 Å². The summed E-state index contributed by atoms with van der Waals surface area (Å²) in [6.07, 6.45) is 7.33. The van der Waals surface area contributed by atoms with Gasteiger partial charge in [0.1, 0.15) is 0 Å². The molecule has 0 bridgehead atoms. The lowest BCUT2D eigenvalue weighted by atomic mass is 9.80. The van der Waals surface area contributed by atoms with E-state index in [-0.39, 0.29) is 17.4 Å². The summed E-state index contributed by atoms with van der Waals surface area (Å²) in [6.45, 7) is 2.65. The van der Waals surface area contributed by atoms with Crippen molar-refractivity contribution in [3.05, 3.63) is 0 Å². The molecule has 2 rings (SSSR count). The minimum atomic E-state index is 0.188. The van der Waals surface area contributed by atoms with Crippen LogP contribution >= 0.6 is 0 Å². The molecule has 1 heterocycles. The van der Waals surface area contributed by atoms with Gasteiger partial charge in [-0.25, -0.2) is 0 Å². The van der Waals surface area contributed by atoms with E-state index in [0.29, 0.717) is 0 Å². The van der Waals surface area contributed by atoms with Crippen molar-refractivity contribution in [2.24, 2.45) is 5.92 Å². The van der Waals surface area contributed by atoms with Crippen molar-refractivity contribution in [1.29, 1.82) is 0 Å². The van der Waals surface area contributed by atoms with Gasteiger partial charge in [-0.05, 0) is 39.9 Å². The van der Waals surface area contributed by atoms with Gasteiger partial charge in [0.15, 0.2) is 0 Å². The summed E-state index contributed by atoms with van der Waals surface area (Å²) in [6, 6.07) is 0. The first-order chi connectivity index (χ1) is 8.64. The Hall–Kier alpha value is -0.610. The van der Waals surface area contributed by atoms with Crippen molar-refractivity contribution in [3.63, 3.8) is 0 Å². The predicted molar refractivity (Wildman–Crippen MR) is 73.5 cm³/mol. The van der Waals surface area contributed by atoms with Gasteiger partial charge in [-0.1, -0.05) is 19.3 Å². The molecule has 0 radical (unpaired) electrons. The maximum atomic E-state index is 12.1. The van der Waals surface area contributed by atoms with Crippen LogP contribution in [0.2, 0.25) is 0 Å². The van der Waals surface area contributed by atoms with E-state index in [0.717, 1.165) is 26.1 Å². The molecule has 0 spiro atoms. The maximum Gasteiger partial charge on any atom is 0.224 e. The Morgan fingerprint density at radius 2 is 2.06 bits per heavy atom. The maximum absolute atomic E-state index is 12.1. The van der Waals surface area contributed by atoms with Crippen molar-refractivity contribution < 1.29 is 4.79 Å². The molecule has 1 unspecified atom stereocenters. The Bertz CT molecular complexity index is 279. The number of likely N-dealkylation sites (N-methyl/N-ethyl adjacent to an activating group) is 1. The monoisotopic (exact) mass is 253 g/mol. The van der Waals surface area contributed by atoms with E-state index < -0.39 is 0 Å². The van der Waals surface area contributed by atoms with Crippen LogP contribution in [0.5, 0.6) is 0 Å². The molecule has 2 fully saturated rings. The minimum absolute atomic E-state index is 0.188. The Morgan fingerprint density at radius 1 is 1.33 bits per heavy atom. The van der Waals surface area contributed by atoms with E-state index in [2.05, 4.69) is 29.6 Å². The molecule has 104 valence electrons. The topological polar surface area (TPSA) is 44.4 Å². The minimum Gasteiger partial charge on any atom is -0.354 e. The van der Waals surface area contributed by atoms with E-state index in [9.17, 15) is 4.79 Å². The molecule has 1 amide bonds. The smallest absolute Gasteiger partial charge is 0.224 e. The number of hydrogen-bond donors (Lipinski definition) is 2. The molecule has 4 nitrogen and oxygen atoms in total. The van der Waals surface area contributed by atoms with Crippen LogP contribution < -0.4 is 10.6 Å². The highest BCUT2D eigenvalue weighted by molar-refractivity contribution is 5.79. The van der Waals surface area contributed by atoms with Crippen LogP contribution in [-0.4, -0.2) is 50.1 Å². The van der Waals surface area contributed by atoms with Crippen molar-refractivity contribution in [2.45, 2.75) is 44.1 Å². The van der Waals surface area contributed by atoms with Gasteiger partial charge in [0.25, 0.3) is 0 Å². The van der Waals surface area contributed by atoms with Crippen LogP contribution in [0.4, 0.5) is 0 Å². The zero-order valence-corrected chi connectivity index (χ0v) is 11.8. The third-order valence-corrected chi connectivity index (χ3v) is 4.76. The quantitative estimate of drug-likeness (QED) is 0.785. The number of nitrogens with zero attached hydrogens (tertiary/aromatic N) is 1. The largest absolute Gasteiger partial charge is 0.354 e. The number of nitrogens with one attached hydrogen (secondary N) is 2. The van der Waals surface area contributed by atoms with Crippen LogP contribution in [0.3, 0.4) is 0 Å². The van der Waals surface area contributed by atoms with E-state index in [1.54, 1.807) is 0 Å². The second kappa shape index (κ2) is 6.02. The number of carbonyl (C=O) groups is 1. The van der Waals surface area contributed by atoms with Gasteiger partial charge in [-0.3, -0.25) is 4.79 Å². The summed E-state index contributed by atoms with van der Waals surface area (Å²) >= 11 is 0. The Balaban J connectivity index is 1.87. The Labute approximate surface area is 110 Å². The van der Waals surface area contributed by atoms with Crippen LogP contribution in [0.1, 0.15) is 38.5 Å². The van der Waals surface area contributed by atoms with Crippen LogP contribution in [0.25, 0.3) is 0 Å². The van der Waals surface area contributed by atoms with Gasteiger partial charge in [-0.2, -0.15) is 0 Å². The number of rotatable bonds is 4. The summed E-state index contributed by atoms with van der Waals surface area (Å²) < 4.78 is 0. The lowest BCUT2D eigenvalue weighted by Gasteiger charge is -2.43. The Morgan fingerprint density at radius 3 is 2.61 bits per heavy atom. The first-order valence-corrected chi connectivity index (χ1v) is 7.30. The molecular weight excluding hydrogens is 226 g/mol. The molecule has 18 heavy (non-hydrogen) atoms. The summed E-state index contributed by atoms with van der Waals surface area (Å²) in [5, 5.41) is 6.45. The van der Waals surface area contributed by atoms with Gasteiger partial charge in [0, 0.05) is 18.6 Å². The molecule has 2 aliphatic rings. The summed E-state index contributed by atoms with van der Waals surface area (Å²) in [4.78, 5) is 14.4. The highest BCUT2D eigenvalue weighted by Gasteiger charge is 2.35. The first kappa shape index (κ1) is 13.8. The summed E-state index contributed by atoms with van der Waals surface area (Å²) in [5.41, 5.74) is 0.194. The number of amides is 1. The number of hydrogen-bond acceptors (Lipinski definition) is 3. The fraction of sp³-hybridized carbons (Fsp3) is 0.929. The molecule has 1 saturated heterocycles. The van der Waals surface area contributed by atoms with Crippen molar-refractivity contribution in [2.75, 3.05) is 33.7 Å². The Kier molecular flexibility index (Phi) is 4.62. The van der Waals surface area contributed by atoms with Gasteiger partial charge in [0.05, 0.1) is 5.92 Å². The normalized spacial score (nSPS) is 27.4. The molecule has 1 saturated carbocycles. The van der Waals surface area contributed by atoms with Gasteiger partial charge < -0.3 is 15.5 Å². The fourth-order valence-electron chi connectivity index (χ4n) is 3.27. The lowest BCUT2D eigenvalue weighted by molar-refractivity contribution is -0.125. The molecule has 1 aliphatic heterocycles. The molecular formula is C14H27N3O. The average molecular weight is 253 g/mol. The standard InChI is InChI=1S/C14H27N3O/c1-17(2)14(7-4-3-5-8-14)11-16-13(18)12-6-9-15-10-12/h12,15H,3-11H2,1-2H3,(H,16,18). The SMILES string of the molecule is CN(C)C1(CNC(=O)C2CCNC2)CCCCC1. The molecule has 1 aliphatic carbocycles. The van der Waals surface area contributed by atoms with E-state index >= 15 is 0 Å². The third kappa shape index (κ3) is 3.04. The number of carbonyl (C=O) groups excluding carboxylic acids is 1. The summed E-state index contributed by atoms with van der Waals surface area (Å²) in [7, 11) is 4.29. The highest BCUT2D eigenvalue weighted by atomic mass is 16.1. The average Bonchev–Trinajstić information content (AvgIpc) is 2.91. The summed E-state index contributed by atoms with van der Waals surface area (Å²) in [5.74, 6) is 0.430. The second-order valence-electron chi connectivity index (χ2n) is 6.09. The molecule has 2 N–H and O–H groups in total. The first-order valence-electron chi connectivity index (χ1n) is 7.30. The lowest BCUT2D eigenvalue weighted by Crippen LogP contribution is -2.54. The molecule has 4 heteroatoms. The van der Waals surface area contributed by atoms with Crippen LogP contribution in [0, 0.1) is 5.92 Å². The molecule has 0 aromatic rings. The van der Waals surface area contributed by atoms with E-state index in [1.165, 1.54) is 32.1 Å². The molecule has 0 aromatic heterocycles. The van der Waals surface area contributed by atoms with Crippen molar-refractivity contribution in [3.8, 4) is 0 Å². The second-order valence-corrected chi connectivity index (χ2v) is 6.09. The zero-order valence-electron chi connectivity index (χ0n) is 11.8. The zero-order chi connectivity index (χ0) is 13.0. The molecule has 0 aromatic carbocycles. The van der Waals surface area contributed by atoms with Crippen molar-refractivity contribution >= 4 is 5.91 Å². The van der Waals surface area contributed by atoms with Crippen molar-refractivity contribution in [1.82, 2.24) is 15.5 Å². The fourth-order valence-corrected chi connectivity index (χ4v) is 3.27. The predicted octanol–water partition coefficient (Wildman–Crippen LogP) is 0.977. The van der Waals surface area contributed by atoms with Crippen LogP contribution in [-0.2, 0) is 4.79 Å². The van der Waals surface area contributed by atoms with E-state index in [1.807, 2.05) is 0 Å². The van der Waals surface area contributed by atoms with Crippen LogP contribution in [0.15, 0.2) is 0 Å². The highest BCUT2D eigenvalue weighted by Crippen LogP contribution is 2.31.